The fourth-order valence-corrected chi connectivity index (χ4v) is 2.00. The zero-order valence-corrected chi connectivity index (χ0v) is 11.3. The largest absolute Gasteiger partial charge is 0.481 e. The van der Waals surface area contributed by atoms with E-state index in [1.807, 2.05) is 6.92 Å². The molecular formula is C10H16N4O4S. The summed E-state index contributed by atoms with van der Waals surface area (Å²) in [6.45, 7) is 2.72. The highest BCUT2D eigenvalue weighted by Gasteiger charge is 2.12. The highest BCUT2D eigenvalue weighted by Crippen LogP contribution is 2.12. The third-order valence-corrected chi connectivity index (χ3v) is 3.14. The van der Waals surface area contributed by atoms with Crippen molar-refractivity contribution in [2.45, 2.75) is 31.5 Å². The van der Waals surface area contributed by atoms with E-state index < -0.39 is 11.7 Å². The van der Waals surface area contributed by atoms with Gasteiger partial charge in [-0.1, -0.05) is 18.7 Å². The zero-order chi connectivity index (χ0) is 14.3. The lowest BCUT2D eigenvalue weighted by molar-refractivity contribution is -0.134. The number of aromatic amines is 1. The molecule has 106 valence electrons. The van der Waals surface area contributed by atoms with Crippen LogP contribution in [0.2, 0.25) is 0 Å². The first-order chi connectivity index (χ1) is 9.04. The molecule has 1 heterocycles. The number of carbonyl (C=O) groups excluding carboxylic acids is 1. The predicted octanol–water partition coefficient (Wildman–Crippen LogP) is -0.336. The quantitative estimate of drug-likeness (QED) is 0.564. The summed E-state index contributed by atoms with van der Waals surface area (Å²) >= 11 is 0.935. The van der Waals surface area contributed by atoms with Crippen LogP contribution >= 0.6 is 11.8 Å². The summed E-state index contributed by atoms with van der Waals surface area (Å²) in [5, 5.41) is 17.5. The van der Waals surface area contributed by atoms with Gasteiger partial charge in [-0.2, -0.15) is 0 Å². The van der Waals surface area contributed by atoms with E-state index in [0.29, 0.717) is 6.54 Å². The Morgan fingerprint density at radius 1 is 1.53 bits per heavy atom. The van der Waals surface area contributed by atoms with E-state index in [2.05, 4.69) is 15.5 Å². The number of hydrogen-bond donors (Lipinski definition) is 3. The summed E-state index contributed by atoms with van der Waals surface area (Å²) in [6, 6.07) is 0. The number of aromatic nitrogens is 3. The second kappa shape index (κ2) is 7.62. The number of H-pyrrole nitrogens is 1. The highest BCUT2D eigenvalue weighted by atomic mass is 32.2. The van der Waals surface area contributed by atoms with Gasteiger partial charge in [-0.3, -0.25) is 14.2 Å². The molecule has 0 aromatic carbocycles. The fourth-order valence-electron chi connectivity index (χ4n) is 1.30. The molecule has 0 aliphatic heterocycles. The minimum atomic E-state index is -0.993. The van der Waals surface area contributed by atoms with Crippen LogP contribution in [0.4, 0.5) is 0 Å². The van der Waals surface area contributed by atoms with E-state index in [9.17, 15) is 14.4 Å². The first-order valence-corrected chi connectivity index (χ1v) is 6.79. The number of carboxylic acids is 1. The third kappa shape index (κ3) is 5.16. The maximum Gasteiger partial charge on any atom is 0.343 e. The molecule has 1 amide bonds. The van der Waals surface area contributed by atoms with Crippen LogP contribution in [0, 0.1) is 0 Å². The van der Waals surface area contributed by atoms with Gasteiger partial charge in [-0.05, 0) is 6.42 Å². The van der Waals surface area contributed by atoms with E-state index in [-0.39, 0.29) is 29.8 Å². The van der Waals surface area contributed by atoms with Gasteiger partial charge in [0, 0.05) is 19.5 Å². The van der Waals surface area contributed by atoms with Gasteiger partial charge in [-0.15, -0.1) is 5.10 Å². The van der Waals surface area contributed by atoms with Crippen molar-refractivity contribution < 1.29 is 14.7 Å². The third-order valence-electron chi connectivity index (χ3n) is 2.18. The SMILES string of the molecule is CCCNC(=O)CCn1c(SCC(=O)O)n[nH]c1=O. The molecule has 0 fully saturated rings. The van der Waals surface area contributed by atoms with Gasteiger partial charge in [0.1, 0.15) is 0 Å². The molecule has 0 atom stereocenters. The Morgan fingerprint density at radius 2 is 2.26 bits per heavy atom. The average Bonchev–Trinajstić information content (AvgIpc) is 2.72. The Labute approximate surface area is 113 Å². The standard InChI is InChI=1S/C10H16N4O4S/c1-2-4-11-7(15)3-5-14-9(18)12-13-10(14)19-6-8(16)17/h2-6H2,1H3,(H,11,15)(H,12,18)(H,16,17). The van der Waals surface area contributed by atoms with Gasteiger partial charge < -0.3 is 10.4 Å². The van der Waals surface area contributed by atoms with Crippen molar-refractivity contribution in [1.29, 1.82) is 0 Å². The molecule has 8 nitrogen and oxygen atoms in total. The van der Waals surface area contributed by atoms with Crippen LogP contribution in [0.1, 0.15) is 19.8 Å². The number of aliphatic carboxylic acids is 1. The minimum absolute atomic E-state index is 0.149. The summed E-state index contributed by atoms with van der Waals surface area (Å²) in [7, 11) is 0. The lowest BCUT2D eigenvalue weighted by atomic mass is 10.4. The molecule has 0 saturated carbocycles. The first kappa shape index (κ1) is 15.3. The monoisotopic (exact) mass is 288 g/mol. The summed E-state index contributed by atoms with van der Waals surface area (Å²) < 4.78 is 1.26. The van der Waals surface area contributed by atoms with E-state index in [1.165, 1.54) is 4.57 Å². The number of carboxylic acid groups (broad SMARTS) is 1. The molecule has 1 aromatic rings. The minimum Gasteiger partial charge on any atom is -0.481 e. The van der Waals surface area contributed by atoms with Gasteiger partial charge >= 0.3 is 11.7 Å². The van der Waals surface area contributed by atoms with Crippen molar-refractivity contribution in [2.75, 3.05) is 12.3 Å². The molecule has 9 heteroatoms. The molecule has 0 radical (unpaired) electrons. The number of amides is 1. The summed E-state index contributed by atoms with van der Waals surface area (Å²) in [5.41, 5.74) is -0.448. The van der Waals surface area contributed by atoms with E-state index in [4.69, 9.17) is 5.11 Å². The first-order valence-electron chi connectivity index (χ1n) is 5.81. The second-order valence-electron chi connectivity index (χ2n) is 3.75. The number of thioether (sulfide) groups is 1. The Kier molecular flexibility index (Phi) is 6.13. The number of hydrogen-bond acceptors (Lipinski definition) is 5. The average molecular weight is 288 g/mol. The van der Waals surface area contributed by atoms with Gasteiger partial charge in [0.15, 0.2) is 5.16 Å². The van der Waals surface area contributed by atoms with E-state index >= 15 is 0 Å². The van der Waals surface area contributed by atoms with Gasteiger partial charge in [0.05, 0.1) is 5.75 Å². The van der Waals surface area contributed by atoms with Crippen molar-refractivity contribution in [3.8, 4) is 0 Å². The Balaban J connectivity index is 2.57. The van der Waals surface area contributed by atoms with Crippen molar-refractivity contribution in [2.24, 2.45) is 0 Å². The maximum atomic E-state index is 11.5. The highest BCUT2D eigenvalue weighted by molar-refractivity contribution is 7.99. The number of nitrogens with zero attached hydrogens (tertiary/aromatic N) is 2. The van der Waals surface area contributed by atoms with E-state index in [0.717, 1.165) is 18.2 Å². The molecule has 0 spiro atoms. The van der Waals surface area contributed by atoms with Gasteiger partial charge in [0.2, 0.25) is 5.91 Å². The van der Waals surface area contributed by atoms with E-state index in [1.54, 1.807) is 0 Å². The number of carbonyl (C=O) groups is 2. The van der Waals surface area contributed by atoms with Crippen LogP contribution in [0.5, 0.6) is 0 Å². The molecule has 0 bridgehead atoms. The molecule has 0 aliphatic carbocycles. The van der Waals surface area contributed by atoms with Crippen molar-refractivity contribution in [3.63, 3.8) is 0 Å². The van der Waals surface area contributed by atoms with Crippen molar-refractivity contribution >= 4 is 23.6 Å². The summed E-state index contributed by atoms with van der Waals surface area (Å²) in [6.07, 6.45) is 0.997. The molecule has 0 aliphatic rings. The smallest absolute Gasteiger partial charge is 0.343 e. The predicted molar refractivity (Wildman–Crippen MR) is 69.1 cm³/mol. The molecular weight excluding hydrogens is 272 g/mol. The Hall–Kier alpha value is -1.77. The second-order valence-corrected chi connectivity index (χ2v) is 4.69. The van der Waals surface area contributed by atoms with Crippen molar-refractivity contribution in [1.82, 2.24) is 20.1 Å². The van der Waals surface area contributed by atoms with Gasteiger partial charge in [0.25, 0.3) is 0 Å². The van der Waals surface area contributed by atoms with Crippen LogP contribution < -0.4 is 11.0 Å². The number of rotatable bonds is 8. The molecule has 1 aromatic heterocycles. The molecule has 3 N–H and O–H groups in total. The molecule has 0 unspecified atom stereocenters. The Morgan fingerprint density at radius 3 is 2.89 bits per heavy atom. The van der Waals surface area contributed by atoms with Crippen LogP contribution in [0.3, 0.4) is 0 Å². The maximum absolute atomic E-state index is 11.5. The van der Waals surface area contributed by atoms with Crippen LogP contribution in [-0.2, 0) is 16.1 Å². The summed E-state index contributed by atoms with van der Waals surface area (Å²) in [4.78, 5) is 33.4. The lowest BCUT2D eigenvalue weighted by Crippen LogP contribution is -2.27. The normalized spacial score (nSPS) is 10.4. The van der Waals surface area contributed by atoms with Crippen molar-refractivity contribution in [3.05, 3.63) is 10.5 Å². The molecule has 19 heavy (non-hydrogen) atoms. The fraction of sp³-hybridized carbons (Fsp3) is 0.600. The van der Waals surface area contributed by atoms with Gasteiger partial charge in [-0.25, -0.2) is 9.89 Å². The van der Waals surface area contributed by atoms with Crippen LogP contribution in [0.15, 0.2) is 9.95 Å². The lowest BCUT2D eigenvalue weighted by Gasteiger charge is -2.05. The van der Waals surface area contributed by atoms with Crippen LogP contribution in [0.25, 0.3) is 0 Å². The topological polar surface area (TPSA) is 117 Å². The number of nitrogens with one attached hydrogen (secondary N) is 2. The Bertz CT molecular complexity index is 496. The summed E-state index contributed by atoms with van der Waals surface area (Å²) in [5.74, 6) is -1.33. The van der Waals surface area contributed by atoms with Crippen LogP contribution in [-0.4, -0.2) is 44.0 Å². The molecule has 0 saturated heterocycles. The zero-order valence-electron chi connectivity index (χ0n) is 10.5. The molecule has 1 rings (SSSR count).